The van der Waals surface area contributed by atoms with Gasteiger partial charge in [0, 0.05) is 6.42 Å². The summed E-state index contributed by atoms with van der Waals surface area (Å²) in [5.41, 5.74) is 0. The summed E-state index contributed by atoms with van der Waals surface area (Å²) in [5.74, 6) is -0.0611. The maximum atomic E-state index is 12.4. The van der Waals surface area contributed by atoms with Crippen molar-refractivity contribution in [2.75, 3.05) is 6.61 Å². The molecule has 0 aliphatic heterocycles. The summed E-state index contributed by atoms with van der Waals surface area (Å²) in [5, 5.41) is 23.1. The molecule has 59 heavy (non-hydrogen) atoms. The third-order valence-corrected chi connectivity index (χ3v) is 12.4. The fourth-order valence-electron chi connectivity index (χ4n) is 8.27. The zero-order valence-corrected chi connectivity index (χ0v) is 40.0. The molecule has 0 aromatic carbocycles. The van der Waals surface area contributed by atoms with Crippen LogP contribution in [0, 0.1) is 0 Å². The Morgan fingerprint density at radius 3 is 1.02 bits per heavy atom. The molecule has 3 N–H and O–H groups in total. The normalized spacial score (nSPS) is 13.1. The summed E-state index contributed by atoms with van der Waals surface area (Å²) in [4.78, 5) is 12.4. The molecule has 0 heterocycles. The molecule has 4 nitrogen and oxygen atoms in total. The van der Waals surface area contributed by atoms with Crippen LogP contribution in [-0.4, -0.2) is 34.9 Å². The van der Waals surface area contributed by atoms with Gasteiger partial charge in [-0.25, -0.2) is 0 Å². The summed E-state index contributed by atoms with van der Waals surface area (Å²) in [6, 6.07) is -0.620. The van der Waals surface area contributed by atoms with Crippen molar-refractivity contribution in [2.24, 2.45) is 0 Å². The van der Waals surface area contributed by atoms with Crippen molar-refractivity contribution in [3.63, 3.8) is 0 Å². The van der Waals surface area contributed by atoms with E-state index in [1.54, 1.807) is 6.08 Å². The van der Waals surface area contributed by atoms with E-state index in [2.05, 4.69) is 43.5 Å². The molecule has 0 aliphatic rings. The lowest BCUT2D eigenvalue weighted by molar-refractivity contribution is -0.123. The Kier molecular flexibility index (Phi) is 49.8. The lowest BCUT2D eigenvalue weighted by atomic mass is 10.0. The minimum atomic E-state index is -0.837. The molecule has 0 radical (unpaired) electrons. The lowest BCUT2D eigenvalue weighted by Crippen LogP contribution is -2.45. The van der Waals surface area contributed by atoms with Crippen LogP contribution in [0.1, 0.15) is 290 Å². The van der Waals surface area contributed by atoms with Gasteiger partial charge in [0.1, 0.15) is 0 Å². The number of aliphatic hydroxyl groups excluding tert-OH is 2. The van der Waals surface area contributed by atoms with Crippen LogP contribution in [0.4, 0.5) is 0 Å². The van der Waals surface area contributed by atoms with Gasteiger partial charge < -0.3 is 15.5 Å². The highest BCUT2D eigenvalue weighted by molar-refractivity contribution is 5.76. The molecule has 0 aromatic rings. The Morgan fingerprint density at radius 2 is 0.695 bits per heavy atom. The molecule has 0 fully saturated rings. The third kappa shape index (κ3) is 47.5. The van der Waals surface area contributed by atoms with E-state index in [0.29, 0.717) is 6.42 Å². The van der Waals surface area contributed by atoms with Crippen molar-refractivity contribution < 1.29 is 15.0 Å². The molecule has 1 amide bonds. The summed E-state index contributed by atoms with van der Waals surface area (Å²) >= 11 is 0. The van der Waals surface area contributed by atoms with Crippen LogP contribution in [0.15, 0.2) is 36.5 Å². The van der Waals surface area contributed by atoms with Crippen molar-refractivity contribution in [1.29, 1.82) is 0 Å². The van der Waals surface area contributed by atoms with E-state index in [9.17, 15) is 15.0 Å². The molecule has 2 atom stereocenters. The zero-order valence-electron chi connectivity index (χ0n) is 40.0. The van der Waals surface area contributed by atoms with Crippen LogP contribution in [0.3, 0.4) is 0 Å². The Hall–Kier alpha value is -1.39. The van der Waals surface area contributed by atoms with E-state index in [0.717, 1.165) is 32.1 Å². The monoisotopic (exact) mass is 828 g/mol. The van der Waals surface area contributed by atoms with E-state index in [-0.39, 0.29) is 12.5 Å². The molecule has 2 unspecified atom stereocenters. The smallest absolute Gasteiger partial charge is 0.220 e. The Bertz CT molecular complexity index is 897. The molecule has 348 valence electrons. The fourth-order valence-corrected chi connectivity index (χ4v) is 8.27. The molecule has 0 spiro atoms. The van der Waals surface area contributed by atoms with Crippen LogP contribution in [-0.2, 0) is 4.79 Å². The van der Waals surface area contributed by atoms with E-state index in [4.69, 9.17) is 0 Å². The van der Waals surface area contributed by atoms with Gasteiger partial charge in [-0.15, -0.1) is 0 Å². The number of rotatable bonds is 49. The van der Waals surface area contributed by atoms with Gasteiger partial charge in [0.15, 0.2) is 0 Å². The molecule has 0 aromatic heterocycles. The van der Waals surface area contributed by atoms with Gasteiger partial charge >= 0.3 is 0 Å². The van der Waals surface area contributed by atoms with Crippen LogP contribution in [0.2, 0.25) is 0 Å². The van der Waals surface area contributed by atoms with Gasteiger partial charge in [0.25, 0.3) is 0 Å². The van der Waals surface area contributed by atoms with Gasteiger partial charge in [-0.2, -0.15) is 0 Å². The van der Waals surface area contributed by atoms with Crippen molar-refractivity contribution in [3.8, 4) is 0 Å². The highest BCUT2D eigenvalue weighted by atomic mass is 16.3. The average molecular weight is 828 g/mol. The summed E-state index contributed by atoms with van der Waals surface area (Å²) < 4.78 is 0. The van der Waals surface area contributed by atoms with Crippen molar-refractivity contribution in [3.05, 3.63) is 36.5 Å². The van der Waals surface area contributed by atoms with Gasteiger partial charge in [-0.05, 0) is 51.4 Å². The molecule has 0 saturated heterocycles. The maximum absolute atomic E-state index is 12.4. The number of nitrogens with one attached hydrogen (secondary N) is 1. The highest BCUT2D eigenvalue weighted by Crippen LogP contribution is 2.16. The quantitative estimate of drug-likeness (QED) is 0.0423. The van der Waals surface area contributed by atoms with E-state index in [1.165, 1.54) is 238 Å². The van der Waals surface area contributed by atoms with Crippen LogP contribution in [0.5, 0.6) is 0 Å². The van der Waals surface area contributed by atoms with Crippen molar-refractivity contribution in [1.82, 2.24) is 5.32 Å². The first-order chi connectivity index (χ1) is 29.2. The molecular weight excluding hydrogens is 723 g/mol. The molecule has 0 saturated carbocycles. The number of carbonyl (C=O) groups is 1. The largest absolute Gasteiger partial charge is 0.394 e. The number of unbranched alkanes of at least 4 members (excludes halogenated alkanes) is 38. The van der Waals surface area contributed by atoms with Gasteiger partial charge in [0.05, 0.1) is 18.8 Å². The first-order valence-corrected chi connectivity index (χ1v) is 26.7. The summed E-state index contributed by atoms with van der Waals surface area (Å²) in [7, 11) is 0. The van der Waals surface area contributed by atoms with Crippen molar-refractivity contribution >= 4 is 5.91 Å². The molecule has 0 bridgehead atoms. The number of aliphatic hydroxyl groups is 2. The number of hydrogen-bond donors (Lipinski definition) is 3. The first kappa shape index (κ1) is 57.6. The zero-order chi connectivity index (χ0) is 42.8. The Morgan fingerprint density at radius 1 is 0.407 bits per heavy atom. The maximum Gasteiger partial charge on any atom is 0.220 e. The van der Waals surface area contributed by atoms with Crippen molar-refractivity contribution in [2.45, 2.75) is 302 Å². The highest BCUT2D eigenvalue weighted by Gasteiger charge is 2.18. The second-order valence-electron chi connectivity index (χ2n) is 18.3. The topological polar surface area (TPSA) is 69.6 Å². The van der Waals surface area contributed by atoms with Crippen LogP contribution in [0.25, 0.3) is 0 Å². The SMILES string of the molecule is CCCCCCCCCCC/C=C\C/C=C\CCCCCCCCCCCCCCCCCCCC(=O)NC(CO)C(O)/C=C/CCCCCCCCCCCCCC. The molecule has 0 rings (SSSR count). The Labute approximate surface area is 370 Å². The number of amides is 1. The van der Waals surface area contributed by atoms with Crippen LogP contribution < -0.4 is 5.32 Å². The summed E-state index contributed by atoms with van der Waals surface area (Å²) in [6.45, 7) is 4.32. The third-order valence-electron chi connectivity index (χ3n) is 12.4. The average Bonchev–Trinajstić information content (AvgIpc) is 3.24. The van der Waals surface area contributed by atoms with E-state index < -0.39 is 12.1 Å². The molecule has 0 aliphatic carbocycles. The minimum absolute atomic E-state index is 0.0611. The van der Waals surface area contributed by atoms with E-state index >= 15 is 0 Å². The fraction of sp³-hybridized carbons (Fsp3) is 0.873. The predicted molar refractivity (Wildman–Crippen MR) is 262 cm³/mol. The number of carbonyl (C=O) groups excluding carboxylic acids is 1. The van der Waals surface area contributed by atoms with Gasteiger partial charge in [-0.3, -0.25) is 4.79 Å². The minimum Gasteiger partial charge on any atom is -0.394 e. The van der Waals surface area contributed by atoms with Crippen LogP contribution >= 0.6 is 0 Å². The standard InChI is InChI=1S/C55H105NO3/c1-3-5-7-9-11-13-15-17-19-20-21-22-23-24-25-26-27-28-29-30-31-32-33-34-35-36-37-39-41-43-45-47-49-51-55(59)56-53(52-57)54(58)50-48-46-44-42-40-38-18-16-14-12-10-8-6-4-2/h21-22,24-25,48,50,53-54,57-58H,3-20,23,26-47,49,51-52H2,1-2H3,(H,56,59)/b22-21-,25-24-,50-48+. The predicted octanol–water partition coefficient (Wildman–Crippen LogP) is 17.3. The second kappa shape index (κ2) is 51.0. The van der Waals surface area contributed by atoms with Gasteiger partial charge in [-0.1, -0.05) is 269 Å². The Balaban J connectivity index is 3.44. The lowest BCUT2D eigenvalue weighted by Gasteiger charge is -2.20. The van der Waals surface area contributed by atoms with E-state index in [1.807, 2.05) is 6.08 Å². The molecular formula is C55H105NO3. The first-order valence-electron chi connectivity index (χ1n) is 26.7. The second-order valence-corrected chi connectivity index (χ2v) is 18.3. The number of hydrogen-bond acceptors (Lipinski definition) is 3. The summed E-state index contributed by atoms with van der Waals surface area (Å²) in [6.07, 6.45) is 68.7. The number of allylic oxidation sites excluding steroid dienone is 5. The molecule has 4 heteroatoms. The van der Waals surface area contributed by atoms with Gasteiger partial charge in [0.2, 0.25) is 5.91 Å².